The largest absolute Gasteiger partial charge is 0.480 e. The maximum Gasteiger partial charge on any atom is 0.328 e. The summed E-state index contributed by atoms with van der Waals surface area (Å²) in [6.45, 7) is 5.45. The summed E-state index contributed by atoms with van der Waals surface area (Å²) in [5.74, 6) is -1.06. The number of carbonyl (C=O) groups excluding carboxylic acids is 1. The molecule has 0 saturated carbocycles. The lowest BCUT2D eigenvalue weighted by atomic mass is 10.1. The Hall–Kier alpha value is -1.30. The predicted molar refractivity (Wildman–Crippen MR) is 61.8 cm³/mol. The molecule has 0 aromatic carbocycles. The third-order valence-electron chi connectivity index (χ3n) is 3.11. The molecule has 1 rings (SSSR count). The highest BCUT2D eigenvalue weighted by Gasteiger charge is 2.35. The van der Waals surface area contributed by atoms with Gasteiger partial charge in [-0.05, 0) is 27.2 Å². The van der Waals surface area contributed by atoms with Crippen LogP contribution in [-0.4, -0.2) is 53.3 Å². The van der Waals surface area contributed by atoms with Gasteiger partial charge in [0.2, 0.25) is 0 Å². The van der Waals surface area contributed by atoms with Crippen molar-refractivity contribution < 1.29 is 19.4 Å². The molecule has 2 unspecified atom stereocenters. The summed E-state index contributed by atoms with van der Waals surface area (Å²) in [6, 6.07) is -0.389. The lowest BCUT2D eigenvalue weighted by molar-refractivity contribution is -0.143. The SMILES string of the molecule is CC1OCCC1N(C)C(=O)NC(C)(C)C(=O)O. The minimum absolute atomic E-state index is 0.000375. The quantitative estimate of drug-likeness (QED) is 0.764. The Morgan fingerprint density at radius 1 is 1.47 bits per heavy atom. The van der Waals surface area contributed by atoms with Gasteiger partial charge >= 0.3 is 12.0 Å². The molecule has 6 heteroatoms. The maximum atomic E-state index is 11.9. The van der Waals surface area contributed by atoms with Gasteiger partial charge in [0, 0.05) is 13.7 Å². The predicted octanol–water partition coefficient (Wildman–Crippen LogP) is 0.668. The summed E-state index contributed by atoms with van der Waals surface area (Å²) >= 11 is 0. The van der Waals surface area contributed by atoms with Crippen LogP contribution < -0.4 is 5.32 Å². The molecular weight excluding hydrogens is 224 g/mol. The molecule has 17 heavy (non-hydrogen) atoms. The fraction of sp³-hybridized carbons (Fsp3) is 0.818. The van der Waals surface area contributed by atoms with Crippen LogP contribution in [0.1, 0.15) is 27.2 Å². The molecule has 0 aliphatic carbocycles. The third kappa shape index (κ3) is 3.09. The summed E-state index contributed by atoms with van der Waals surface area (Å²) in [7, 11) is 1.66. The van der Waals surface area contributed by atoms with Crippen LogP contribution in [0.2, 0.25) is 0 Å². The number of nitrogens with zero attached hydrogens (tertiary/aromatic N) is 1. The van der Waals surface area contributed by atoms with E-state index in [4.69, 9.17) is 9.84 Å². The van der Waals surface area contributed by atoms with E-state index in [2.05, 4.69) is 5.32 Å². The summed E-state index contributed by atoms with van der Waals surface area (Å²) < 4.78 is 5.38. The van der Waals surface area contributed by atoms with Crippen LogP contribution >= 0.6 is 0 Å². The number of carbonyl (C=O) groups is 2. The van der Waals surface area contributed by atoms with Gasteiger partial charge < -0.3 is 20.1 Å². The summed E-state index contributed by atoms with van der Waals surface area (Å²) in [6.07, 6.45) is 0.761. The highest BCUT2D eigenvalue weighted by Crippen LogP contribution is 2.18. The van der Waals surface area contributed by atoms with Crippen LogP contribution in [0.5, 0.6) is 0 Å². The minimum atomic E-state index is -1.27. The molecule has 0 radical (unpaired) electrons. The first kappa shape index (κ1) is 13.8. The van der Waals surface area contributed by atoms with Crippen LogP contribution in [0.25, 0.3) is 0 Å². The second-order valence-electron chi connectivity index (χ2n) is 4.90. The number of amides is 2. The van der Waals surface area contributed by atoms with Crippen molar-refractivity contribution in [3.63, 3.8) is 0 Å². The van der Waals surface area contributed by atoms with Gasteiger partial charge in [0.05, 0.1) is 12.1 Å². The number of ether oxygens (including phenoxy) is 1. The van der Waals surface area contributed by atoms with Crippen molar-refractivity contribution in [2.45, 2.75) is 44.9 Å². The molecular formula is C11H20N2O4. The molecule has 1 heterocycles. The van der Waals surface area contributed by atoms with E-state index in [1.165, 1.54) is 18.7 Å². The van der Waals surface area contributed by atoms with Gasteiger partial charge in [-0.25, -0.2) is 9.59 Å². The van der Waals surface area contributed by atoms with Gasteiger partial charge in [0.1, 0.15) is 5.54 Å². The number of carboxylic acid groups (broad SMARTS) is 1. The van der Waals surface area contributed by atoms with Crippen molar-refractivity contribution in [3.8, 4) is 0 Å². The summed E-state index contributed by atoms with van der Waals surface area (Å²) in [5.41, 5.74) is -1.27. The number of likely N-dealkylation sites (N-methyl/N-ethyl adjacent to an activating group) is 1. The molecule has 98 valence electrons. The Labute approximate surface area is 101 Å². The first-order chi connectivity index (χ1) is 7.75. The van der Waals surface area contributed by atoms with Gasteiger partial charge in [-0.15, -0.1) is 0 Å². The second kappa shape index (κ2) is 4.91. The summed E-state index contributed by atoms with van der Waals surface area (Å²) in [5, 5.41) is 11.4. The number of rotatable bonds is 3. The van der Waals surface area contributed by atoms with Gasteiger partial charge in [-0.1, -0.05) is 0 Å². The molecule has 1 aliphatic heterocycles. The lowest BCUT2D eigenvalue weighted by Gasteiger charge is -2.30. The molecule has 0 aromatic heterocycles. The maximum absolute atomic E-state index is 11.9. The average Bonchev–Trinajstić information content (AvgIpc) is 2.62. The molecule has 2 N–H and O–H groups in total. The monoisotopic (exact) mass is 244 g/mol. The van der Waals surface area contributed by atoms with Crippen molar-refractivity contribution in [3.05, 3.63) is 0 Å². The molecule has 2 amide bonds. The topological polar surface area (TPSA) is 78.9 Å². The smallest absolute Gasteiger partial charge is 0.328 e. The highest BCUT2D eigenvalue weighted by atomic mass is 16.5. The minimum Gasteiger partial charge on any atom is -0.480 e. The number of hydrogen-bond donors (Lipinski definition) is 2. The van der Waals surface area contributed by atoms with E-state index in [0.29, 0.717) is 6.61 Å². The van der Waals surface area contributed by atoms with Gasteiger partial charge in [-0.2, -0.15) is 0 Å². The normalized spacial score (nSPS) is 24.5. The van der Waals surface area contributed by atoms with Crippen molar-refractivity contribution in [1.82, 2.24) is 10.2 Å². The molecule has 1 aliphatic rings. The Morgan fingerprint density at radius 2 is 2.06 bits per heavy atom. The van der Waals surface area contributed by atoms with E-state index in [-0.39, 0.29) is 18.2 Å². The molecule has 0 spiro atoms. The fourth-order valence-corrected chi connectivity index (χ4v) is 1.79. The van der Waals surface area contributed by atoms with Crippen LogP contribution in [0, 0.1) is 0 Å². The van der Waals surface area contributed by atoms with E-state index in [9.17, 15) is 9.59 Å². The Balaban J connectivity index is 2.61. The van der Waals surface area contributed by atoms with Crippen molar-refractivity contribution in [2.75, 3.05) is 13.7 Å². The molecule has 0 aromatic rings. The van der Waals surface area contributed by atoms with E-state index in [1.54, 1.807) is 7.05 Å². The van der Waals surface area contributed by atoms with Crippen LogP contribution in [0.15, 0.2) is 0 Å². The second-order valence-corrected chi connectivity index (χ2v) is 4.90. The van der Waals surface area contributed by atoms with Crippen molar-refractivity contribution in [1.29, 1.82) is 0 Å². The number of carboxylic acids is 1. The van der Waals surface area contributed by atoms with E-state index in [0.717, 1.165) is 6.42 Å². The van der Waals surface area contributed by atoms with E-state index < -0.39 is 11.5 Å². The zero-order chi connectivity index (χ0) is 13.2. The van der Waals surface area contributed by atoms with Gasteiger partial charge in [0.25, 0.3) is 0 Å². The molecule has 2 atom stereocenters. The molecule has 6 nitrogen and oxygen atoms in total. The molecule has 0 bridgehead atoms. The zero-order valence-corrected chi connectivity index (χ0v) is 10.7. The average molecular weight is 244 g/mol. The third-order valence-corrected chi connectivity index (χ3v) is 3.11. The highest BCUT2D eigenvalue weighted by molar-refractivity contribution is 5.85. The number of urea groups is 1. The lowest BCUT2D eigenvalue weighted by Crippen LogP contribution is -2.56. The first-order valence-electron chi connectivity index (χ1n) is 5.65. The number of nitrogens with one attached hydrogen (secondary N) is 1. The van der Waals surface area contributed by atoms with E-state index >= 15 is 0 Å². The Kier molecular flexibility index (Phi) is 3.98. The first-order valence-corrected chi connectivity index (χ1v) is 5.65. The Bertz CT molecular complexity index is 317. The van der Waals surface area contributed by atoms with Crippen LogP contribution in [0.4, 0.5) is 4.79 Å². The summed E-state index contributed by atoms with van der Waals surface area (Å²) in [4.78, 5) is 24.3. The number of aliphatic carboxylic acids is 1. The van der Waals surface area contributed by atoms with Crippen molar-refractivity contribution >= 4 is 12.0 Å². The van der Waals surface area contributed by atoms with E-state index in [1.807, 2.05) is 6.92 Å². The number of hydrogen-bond acceptors (Lipinski definition) is 3. The van der Waals surface area contributed by atoms with Crippen LogP contribution in [0.3, 0.4) is 0 Å². The molecule has 1 fully saturated rings. The molecule has 1 saturated heterocycles. The zero-order valence-electron chi connectivity index (χ0n) is 10.7. The van der Waals surface area contributed by atoms with Crippen LogP contribution in [-0.2, 0) is 9.53 Å². The standard InChI is InChI=1S/C11H20N2O4/c1-7-8(5-6-17-7)13(4)10(16)12-11(2,3)9(14)15/h7-8H,5-6H2,1-4H3,(H,12,16)(H,14,15). The van der Waals surface area contributed by atoms with Gasteiger partial charge in [-0.3, -0.25) is 0 Å². The Morgan fingerprint density at radius 3 is 2.47 bits per heavy atom. The van der Waals surface area contributed by atoms with Crippen molar-refractivity contribution in [2.24, 2.45) is 0 Å². The fourth-order valence-electron chi connectivity index (χ4n) is 1.79. The van der Waals surface area contributed by atoms with Gasteiger partial charge in [0.15, 0.2) is 0 Å².